The molecule has 4 nitrogen and oxygen atoms in total. The van der Waals surface area contributed by atoms with Crippen LogP contribution in [0.4, 0.5) is 0 Å². The Hall–Kier alpha value is -0.870. The van der Waals surface area contributed by atoms with E-state index in [1.807, 2.05) is 0 Å². The topological polar surface area (TPSA) is 69.6 Å². The van der Waals surface area contributed by atoms with Crippen molar-refractivity contribution in [1.29, 1.82) is 0 Å². The van der Waals surface area contributed by atoms with Crippen LogP contribution >= 0.6 is 0 Å². The standard InChI is InChI=1S/C66H131NO3/c1-3-5-7-9-11-13-15-17-19-21-23-25-27-28-29-30-31-32-33-34-35-36-37-38-40-42-44-46-48-50-52-54-56-58-60-62-66(70)67-64(63-68)65(69)61-59-57-55-53-51-49-47-45-43-41-39-26-24-22-20-18-16-14-12-10-8-6-4-2/h30-31,64-65,68-69H,3-29,32-63H2,1-2H3,(H,67,70)/b31-30-. The highest BCUT2D eigenvalue weighted by molar-refractivity contribution is 5.76. The molecule has 2 atom stereocenters. The van der Waals surface area contributed by atoms with Gasteiger partial charge in [-0.25, -0.2) is 0 Å². The molecule has 0 aromatic rings. The van der Waals surface area contributed by atoms with Gasteiger partial charge in [-0.2, -0.15) is 0 Å². The molecule has 3 N–H and O–H groups in total. The number of carbonyl (C=O) groups excluding carboxylic acids is 1. The number of unbranched alkanes of at least 4 members (excludes halogenated alkanes) is 53. The maximum absolute atomic E-state index is 12.5. The van der Waals surface area contributed by atoms with Gasteiger partial charge in [0.05, 0.1) is 18.8 Å². The molecule has 0 fully saturated rings. The number of allylic oxidation sites excluding steroid dienone is 2. The van der Waals surface area contributed by atoms with Gasteiger partial charge in [-0.05, 0) is 38.5 Å². The van der Waals surface area contributed by atoms with Crippen LogP contribution in [0.5, 0.6) is 0 Å². The lowest BCUT2D eigenvalue weighted by atomic mass is 10.0. The molecule has 70 heavy (non-hydrogen) atoms. The van der Waals surface area contributed by atoms with Crippen molar-refractivity contribution in [3.8, 4) is 0 Å². The molecule has 0 saturated carbocycles. The lowest BCUT2D eigenvalue weighted by Gasteiger charge is -2.22. The molecule has 0 aliphatic heterocycles. The highest BCUT2D eigenvalue weighted by Crippen LogP contribution is 2.19. The van der Waals surface area contributed by atoms with E-state index in [9.17, 15) is 15.0 Å². The zero-order valence-corrected chi connectivity index (χ0v) is 48.3. The molecule has 0 saturated heterocycles. The minimum atomic E-state index is -0.657. The van der Waals surface area contributed by atoms with Gasteiger partial charge in [0.15, 0.2) is 0 Å². The minimum Gasteiger partial charge on any atom is -0.394 e. The fourth-order valence-corrected chi connectivity index (χ4v) is 10.8. The number of aliphatic hydroxyl groups excluding tert-OH is 2. The molecule has 1 amide bonds. The quantitative estimate of drug-likeness (QED) is 0.0420. The van der Waals surface area contributed by atoms with Gasteiger partial charge in [-0.1, -0.05) is 353 Å². The van der Waals surface area contributed by atoms with Gasteiger partial charge in [0.2, 0.25) is 5.91 Å². The summed E-state index contributed by atoms with van der Waals surface area (Å²) in [5, 5.41) is 23.4. The first-order valence-corrected chi connectivity index (χ1v) is 32.9. The summed E-state index contributed by atoms with van der Waals surface area (Å²) in [5.41, 5.74) is 0. The maximum Gasteiger partial charge on any atom is 0.220 e. The number of rotatable bonds is 62. The largest absolute Gasteiger partial charge is 0.394 e. The number of hydrogen-bond donors (Lipinski definition) is 3. The Bertz CT molecular complexity index is 982. The van der Waals surface area contributed by atoms with Crippen molar-refractivity contribution < 1.29 is 15.0 Å². The van der Waals surface area contributed by atoms with Crippen molar-refractivity contribution in [3.05, 3.63) is 12.2 Å². The summed E-state index contributed by atoms with van der Waals surface area (Å²) >= 11 is 0. The van der Waals surface area contributed by atoms with E-state index < -0.39 is 12.1 Å². The Balaban J connectivity index is 3.38. The molecule has 4 heteroatoms. The van der Waals surface area contributed by atoms with E-state index in [0.29, 0.717) is 12.8 Å². The zero-order valence-electron chi connectivity index (χ0n) is 48.3. The zero-order chi connectivity index (χ0) is 50.6. The third kappa shape index (κ3) is 58.0. The average Bonchev–Trinajstić information content (AvgIpc) is 3.36. The number of carbonyl (C=O) groups is 1. The Labute approximate surface area is 441 Å². The molecule has 0 aromatic carbocycles. The van der Waals surface area contributed by atoms with Gasteiger partial charge in [0.25, 0.3) is 0 Å². The van der Waals surface area contributed by atoms with Crippen LogP contribution in [0, 0.1) is 0 Å². The van der Waals surface area contributed by atoms with Gasteiger partial charge in [-0.3, -0.25) is 4.79 Å². The van der Waals surface area contributed by atoms with Crippen molar-refractivity contribution in [2.24, 2.45) is 0 Å². The van der Waals surface area contributed by atoms with Gasteiger partial charge in [0.1, 0.15) is 0 Å². The van der Waals surface area contributed by atoms with Crippen LogP contribution in [0.3, 0.4) is 0 Å². The van der Waals surface area contributed by atoms with Crippen LogP contribution in [-0.2, 0) is 4.79 Å². The summed E-state index contributed by atoms with van der Waals surface area (Å²) in [5.74, 6) is -0.0221. The summed E-state index contributed by atoms with van der Waals surface area (Å²) in [7, 11) is 0. The Morgan fingerprint density at radius 2 is 0.543 bits per heavy atom. The molecule has 0 spiro atoms. The Morgan fingerprint density at radius 3 is 0.786 bits per heavy atom. The third-order valence-corrected chi connectivity index (χ3v) is 15.8. The molecule has 0 aliphatic rings. The summed E-state index contributed by atoms with van der Waals surface area (Å²) in [6.07, 6.45) is 82.5. The minimum absolute atomic E-state index is 0.0221. The van der Waals surface area contributed by atoms with Crippen molar-refractivity contribution in [1.82, 2.24) is 5.32 Å². The van der Waals surface area contributed by atoms with Gasteiger partial charge in [0, 0.05) is 6.42 Å². The fraction of sp³-hybridized carbons (Fsp3) is 0.955. The number of aliphatic hydroxyl groups is 2. The van der Waals surface area contributed by atoms with Crippen molar-refractivity contribution in [2.75, 3.05) is 6.61 Å². The molecular weight excluding hydrogens is 855 g/mol. The van der Waals surface area contributed by atoms with Gasteiger partial charge in [-0.15, -0.1) is 0 Å². The summed E-state index contributed by atoms with van der Waals surface area (Å²) in [4.78, 5) is 12.5. The van der Waals surface area contributed by atoms with Crippen LogP contribution in [0.15, 0.2) is 12.2 Å². The smallest absolute Gasteiger partial charge is 0.220 e. The molecule has 0 bridgehead atoms. The first-order chi connectivity index (χ1) is 34.7. The van der Waals surface area contributed by atoms with Gasteiger partial charge >= 0.3 is 0 Å². The average molecular weight is 987 g/mol. The summed E-state index contributed by atoms with van der Waals surface area (Å²) in [6.45, 7) is 4.41. The lowest BCUT2D eigenvalue weighted by Crippen LogP contribution is -2.45. The van der Waals surface area contributed by atoms with Gasteiger partial charge < -0.3 is 15.5 Å². The van der Waals surface area contributed by atoms with Crippen molar-refractivity contribution in [2.45, 2.75) is 398 Å². The Kier molecular flexibility index (Phi) is 61.6. The van der Waals surface area contributed by atoms with E-state index in [1.54, 1.807) is 0 Å². The molecule has 2 unspecified atom stereocenters. The van der Waals surface area contributed by atoms with E-state index in [-0.39, 0.29) is 12.5 Å². The normalized spacial score (nSPS) is 12.7. The highest BCUT2D eigenvalue weighted by Gasteiger charge is 2.20. The Morgan fingerprint density at radius 1 is 0.329 bits per heavy atom. The van der Waals surface area contributed by atoms with E-state index in [1.165, 1.54) is 334 Å². The summed E-state index contributed by atoms with van der Waals surface area (Å²) in [6, 6.07) is -0.534. The second kappa shape index (κ2) is 62.4. The summed E-state index contributed by atoms with van der Waals surface area (Å²) < 4.78 is 0. The number of amides is 1. The molecule has 0 heterocycles. The molecule has 0 radical (unpaired) electrons. The first kappa shape index (κ1) is 69.1. The molecular formula is C66H131NO3. The molecule has 0 aliphatic carbocycles. The third-order valence-electron chi connectivity index (χ3n) is 15.8. The monoisotopic (exact) mass is 986 g/mol. The fourth-order valence-electron chi connectivity index (χ4n) is 10.8. The number of hydrogen-bond acceptors (Lipinski definition) is 3. The van der Waals surface area contributed by atoms with Crippen molar-refractivity contribution in [3.63, 3.8) is 0 Å². The van der Waals surface area contributed by atoms with E-state index in [2.05, 4.69) is 31.3 Å². The SMILES string of the molecule is CCCCCCCCCCCCCCCC/C=C\CCCCCCCCCCCCCCCCCCCC(=O)NC(CO)C(O)CCCCCCCCCCCCCCCCCCCCCCCCC. The second-order valence-corrected chi connectivity index (χ2v) is 22.9. The highest BCUT2D eigenvalue weighted by atomic mass is 16.3. The van der Waals surface area contributed by atoms with Crippen LogP contribution in [0.2, 0.25) is 0 Å². The van der Waals surface area contributed by atoms with E-state index >= 15 is 0 Å². The predicted octanol–water partition coefficient (Wildman–Crippen LogP) is 22.0. The van der Waals surface area contributed by atoms with Crippen LogP contribution in [0.25, 0.3) is 0 Å². The molecule has 0 aromatic heterocycles. The number of nitrogens with one attached hydrogen (secondary N) is 1. The maximum atomic E-state index is 12.5. The van der Waals surface area contributed by atoms with Crippen LogP contribution in [-0.4, -0.2) is 34.9 Å². The predicted molar refractivity (Wildman–Crippen MR) is 313 cm³/mol. The second-order valence-electron chi connectivity index (χ2n) is 22.9. The van der Waals surface area contributed by atoms with Crippen molar-refractivity contribution >= 4 is 5.91 Å². The van der Waals surface area contributed by atoms with Crippen LogP contribution < -0.4 is 5.32 Å². The van der Waals surface area contributed by atoms with E-state index in [0.717, 1.165) is 25.7 Å². The molecule has 418 valence electrons. The first-order valence-electron chi connectivity index (χ1n) is 32.9. The molecule has 0 rings (SSSR count). The van der Waals surface area contributed by atoms with Crippen LogP contribution in [0.1, 0.15) is 386 Å². The lowest BCUT2D eigenvalue weighted by molar-refractivity contribution is -0.123. The van der Waals surface area contributed by atoms with E-state index in [4.69, 9.17) is 0 Å².